The van der Waals surface area contributed by atoms with Crippen molar-refractivity contribution in [3.05, 3.63) is 34.4 Å². The predicted octanol–water partition coefficient (Wildman–Crippen LogP) is 2.60. The Hall–Kier alpha value is -1.90. The summed E-state index contributed by atoms with van der Waals surface area (Å²) in [4.78, 5) is 25.3. The number of aromatic nitrogens is 2. The number of esters is 1. The van der Waals surface area contributed by atoms with Crippen molar-refractivity contribution in [2.24, 2.45) is 0 Å². The van der Waals surface area contributed by atoms with Crippen LogP contribution in [0.3, 0.4) is 0 Å². The van der Waals surface area contributed by atoms with Crippen LogP contribution in [0.15, 0.2) is 24.4 Å². The fourth-order valence-corrected chi connectivity index (χ4v) is 4.14. The molecular weight excluding hydrogens is 374 g/mol. The van der Waals surface area contributed by atoms with Gasteiger partial charge in [0.1, 0.15) is 5.82 Å². The van der Waals surface area contributed by atoms with Crippen LogP contribution < -0.4 is 10.2 Å². The quantitative estimate of drug-likeness (QED) is 0.754. The van der Waals surface area contributed by atoms with Crippen LogP contribution in [0.1, 0.15) is 16.6 Å². The average molecular weight is 396 g/mol. The Balaban J connectivity index is 1.49. The molecule has 0 aliphatic carbocycles. The van der Waals surface area contributed by atoms with Crippen molar-refractivity contribution in [2.75, 3.05) is 50.1 Å². The van der Waals surface area contributed by atoms with Gasteiger partial charge in [0, 0.05) is 45.0 Å². The van der Waals surface area contributed by atoms with Gasteiger partial charge in [0.05, 0.1) is 7.11 Å². The van der Waals surface area contributed by atoms with Crippen molar-refractivity contribution in [2.45, 2.75) is 13.0 Å². The van der Waals surface area contributed by atoms with Crippen LogP contribution in [0.5, 0.6) is 0 Å². The molecule has 0 saturated carbocycles. The lowest BCUT2D eigenvalue weighted by molar-refractivity contribution is 0.0606. The number of nitrogens with zero attached hydrogens (tertiary/aromatic N) is 4. The molecule has 1 N–H and O–H groups in total. The number of hydrogen-bond donors (Lipinski definition) is 1. The Morgan fingerprint density at radius 3 is 2.81 bits per heavy atom. The number of nitrogens with one attached hydrogen (secondary N) is 1. The molecule has 0 radical (unpaired) electrons. The Morgan fingerprint density at radius 1 is 1.38 bits per heavy atom. The second kappa shape index (κ2) is 8.66. The van der Waals surface area contributed by atoms with Gasteiger partial charge in [0.2, 0.25) is 0 Å². The molecule has 0 aromatic carbocycles. The molecule has 1 fully saturated rings. The number of rotatable bonds is 6. The van der Waals surface area contributed by atoms with E-state index in [1.165, 1.54) is 18.4 Å². The van der Waals surface area contributed by atoms with Gasteiger partial charge in [0.15, 0.2) is 15.2 Å². The maximum atomic E-state index is 11.6. The third-order valence-electron chi connectivity index (χ3n) is 4.20. The molecule has 1 saturated heterocycles. The van der Waals surface area contributed by atoms with E-state index < -0.39 is 5.97 Å². The van der Waals surface area contributed by atoms with Gasteiger partial charge in [-0.05, 0) is 19.1 Å². The number of ether oxygens (including phenoxy) is 1. The van der Waals surface area contributed by atoms with Crippen LogP contribution in [0.25, 0.3) is 0 Å². The molecule has 0 amide bonds. The van der Waals surface area contributed by atoms with Crippen molar-refractivity contribution in [3.8, 4) is 0 Å². The van der Waals surface area contributed by atoms with Gasteiger partial charge in [-0.3, -0.25) is 4.90 Å². The Bertz CT molecular complexity index is 734. The van der Waals surface area contributed by atoms with Crippen LogP contribution in [-0.4, -0.2) is 66.7 Å². The summed E-state index contributed by atoms with van der Waals surface area (Å²) >= 11 is 7.22. The smallest absolute Gasteiger partial charge is 0.351 e. The van der Waals surface area contributed by atoms with E-state index in [9.17, 15) is 4.79 Å². The molecule has 0 bridgehead atoms. The summed E-state index contributed by atoms with van der Waals surface area (Å²) < 4.78 is 4.70. The first-order valence-electron chi connectivity index (χ1n) is 8.46. The van der Waals surface area contributed by atoms with Crippen molar-refractivity contribution in [3.63, 3.8) is 0 Å². The molecule has 3 rings (SSSR count). The highest BCUT2D eigenvalue weighted by atomic mass is 35.5. The standard InChI is InChI=1S/C17H22ClN5O2S/c1-12(20-17-21-15(18)14(26-17)16(24)25-2)11-22-7-9-23(10-8-22)13-5-3-4-6-19-13/h3-6,12H,7-11H2,1-2H3,(H,20,21). The van der Waals surface area contributed by atoms with Crippen molar-refractivity contribution < 1.29 is 9.53 Å². The van der Waals surface area contributed by atoms with Gasteiger partial charge in [-0.1, -0.05) is 29.0 Å². The maximum absolute atomic E-state index is 11.6. The van der Waals surface area contributed by atoms with Crippen molar-refractivity contribution in [1.29, 1.82) is 0 Å². The topological polar surface area (TPSA) is 70.6 Å². The van der Waals surface area contributed by atoms with E-state index in [0.29, 0.717) is 10.0 Å². The lowest BCUT2D eigenvalue weighted by Crippen LogP contribution is -2.49. The molecule has 140 valence electrons. The number of methoxy groups -OCH3 is 1. The first-order valence-corrected chi connectivity index (χ1v) is 9.65. The van der Waals surface area contributed by atoms with Gasteiger partial charge < -0.3 is 15.0 Å². The largest absolute Gasteiger partial charge is 0.465 e. The van der Waals surface area contributed by atoms with Gasteiger partial charge in [-0.2, -0.15) is 0 Å². The zero-order valence-corrected chi connectivity index (χ0v) is 16.4. The lowest BCUT2D eigenvalue weighted by atomic mass is 10.2. The molecule has 7 nitrogen and oxygen atoms in total. The number of carbonyl (C=O) groups excluding carboxylic acids is 1. The first-order chi connectivity index (χ1) is 12.6. The van der Waals surface area contributed by atoms with Crippen molar-refractivity contribution >= 4 is 39.9 Å². The van der Waals surface area contributed by atoms with Crippen LogP contribution in [0.2, 0.25) is 5.15 Å². The van der Waals surface area contributed by atoms with Gasteiger partial charge in [-0.15, -0.1) is 0 Å². The molecule has 1 atom stereocenters. The highest BCUT2D eigenvalue weighted by Crippen LogP contribution is 2.28. The van der Waals surface area contributed by atoms with E-state index in [0.717, 1.165) is 38.5 Å². The van der Waals surface area contributed by atoms with Crippen LogP contribution in [0, 0.1) is 0 Å². The summed E-state index contributed by atoms with van der Waals surface area (Å²) in [7, 11) is 1.33. The summed E-state index contributed by atoms with van der Waals surface area (Å²) in [6.45, 7) is 6.86. The molecule has 2 aromatic rings. The van der Waals surface area contributed by atoms with Crippen LogP contribution in [-0.2, 0) is 4.74 Å². The Morgan fingerprint density at radius 2 is 2.15 bits per heavy atom. The van der Waals surface area contributed by atoms with E-state index in [1.54, 1.807) is 0 Å². The fourth-order valence-electron chi connectivity index (χ4n) is 2.93. The number of halogens is 1. The summed E-state index contributed by atoms with van der Waals surface area (Å²) in [5.74, 6) is 0.574. The molecular formula is C17H22ClN5O2S. The third-order valence-corrected chi connectivity index (χ3v) is 5.56. The minimum absolute atomic E-state index is 0.181. The second-order valence-corrected chi connectivity index (χ2v) is 7.51. The normalized spacial score (nSPS) is 16.3. The fraction of sp³-hybridized carbons (Fsp3) is 0.471. The molecule has 1 unspecified atom stereocenters. The first kappa shape index (κ1) is 18.9. The van der Waals surface area contributed by atoms with Crippen molar-refractivity contribution in [1.82, 2.24) is 14.9 Å². The lowest BCUT2D eigenvalue weighted by Gasteiger charge is -2.36. The number of anilines is 2. The molecule has 1 aliphatic heterocycles. The molecule has 0 spiro atoms. The maximum Gasteiger partial charge on any atom is 0.351 e. The summed E-state index contributed by atoms with van der Waals surface area (Å²) in [6, 6.07) is 6.18. The van der Waals surface area contributed by atoms with E-state index in [2.05, 4.69) is 32.0 Å². The van der Waals surface area contributed by atoms with Crippen LogP contribution >= 0.6 is 22.9 Å². The zero-order chi connectivity index (χ0) is 18.5. The minimum Gasteiger partial charge on any atom is -0.465 e. The zero-order valence-electron chi connectivity index (χ0n) is 14.8. The monoisotopic (exact) mass is 395 g/mol. The third kappa shape index (κ3) is 4.63. The number of carbonyl (C=O) groups is 1. The molecule has 9 heteroatoms. The SMILES string of the molecule is COC(=O)c1sc(NC(C)CN2CCN(c3ccccn3)CC2)nc1Cl. The summed E-state index contributed by atoms with van der Waals surface area (Å²) in [6.07, 6.45) is 1.83. The molecule has 3 heterocycles. The van der Waals surface area contributed by atoms with E-state index >= 15 is 0 Å². The highest BCUT2D eigenvalue weighted by Gasteiger charge is 2.21. The number of hydrogen-bond acceptors (Lipinski definition) is 8. The molecule has 1 aliphatic rings. The molecule has 26 heavy (non-hydrogen) atoms. The predicted molar refractivity (Wildman–Crippen MR) is 104 cm³/mol. The van der Waals surface area contributed by atoms with Gasteiger partial charge >= 0.3 is 5.97 Å². The highest BCUT2D eigenvalue weighted by molar-refractivity contribution is 7.18. The second-order valence-electron chi connectivity index (χ2n) is 6.15. The number of pyridine rings is 1. The van der Waals surface area contributed by atoms with E-state index in [1.807, 2.05) is 24.4 Å². The number of piperazine rings is 1. The summed E-state index contributed by atoms with van der Waals surface area (Å²) in [5, 5.41) is 4.14. The summed E-state index contributed by atoms with van der Waals surface area (Å²) in [5.41, 5.74) is 0. The number of thiazole rings is 1. The van der Waals surface area contributed by atoms with Gasteiger partial charge in [0.25, 0.3) is 0 Å². The average Bonchev–Trinajstić information content (AvgIpc) is 3.02. The van der Waals surface area contributed by atoms with E-state index in [4.69, 9.17) is 16.3 Å². The van der Waals surface area contributed by atoms with E-state index in [-0.39, 0.29) is 11.2 Å². The Labute approximate surface area is 161 Å². The Kier molecular flexibility index (Phi) is 6.29. The molecule has 2 aromatic heterocycles. The van der Waals surface area contributed by atoms with Gasteiger partial charge in [-0.25, -0.2) is 14.8 Å². The van der Waals surface area contributed by atoms with Crippen LogP contribution in [0.4, 0.5) is 10.9 Å². The minimum atomic E-state index is -0.459.